The van der Waals surface area contributed by atoms with Crippen molar-refractivity contribution < 1.29 is 58.7 Å². The van der Waals surface area contributed by atoms with Gasteiger partial charge in [0.1, 0.15) is 0 Å². The fourth-order valence-corrected chi connectivity index (χ4v) is 17.7. The highest BCUT2D eigenvalue weighted by molar-refractivity contribution is 6.04. The van der Waals surface area contributed by atoms with Gasteiger partial charge in [0.05, 0.1) is 70.8 Å². The number of amides is 6. The third-order valence-corrected chi connectivity index (χ3v) is 22.2. The summed E-state index contributed by atoms with van der Waals surface area (Å²) in [5.74, 6) is -0.864. The van der Waals surface area contributed by atoms with Gasteiger partial charge in [-0.1, -0.05) is 30.3 Å². The summed E-state index contributed by atoms with van der Waals surface area (Å²) in [5.41, 5.74) is 13.0. The molecule has 25 nitrogen and oxygen atoms in total. The van der Waals surface area contributed by atoms with Gasteiger partial charge in [-0.05, 0) is 135 Å². The number of guanidine groups is 1. The number of aromatic amines is 2. The van der Waals surface area contributed by atoms with E-state index in [2.05, 4.69) is 62.0 Å². The van der Waals surface area contributed by atoms with Crippen molar-refractivity contribution >= 4 is 74.6 Å². The minimum atomic E-state index is -1.18. The number of nitrogens with zero attached hydrogens (tertiary/aromatic N) is 3. The van der Waals surface area contributed by atoms with Gasteiger partial charge in [0.2, 0.25) is 35.4 Å². The van der Waals surface area contributed by atoms with Crippen LogP contribution < -0.4 is 52.4 Å². The molecule has 93 heavy (non-hydrogen) atoms. The molecule has 0 radical (unpaired) electrons. The number of nitrogens with one attached hydrogen (secondary N) is 9. The van der Waals surface area contributed by atoms with Crippen molar-refractivity contribution in [2.75, 3.05) is 76.1 Å². The lowest BCUT2D eigenvalue weighted by molar-refractivity contribution is -0.173. The number of likely N-dealkylation sites (tertiary alicyclic amines) is 2. The quantitative estimate of drug-likeness (QED) is 0.0280. The molecule has 486 valence electrons. The summed E-state index contributed by atoms with van der Waals surface area (Å²) in [5, 5.41) is 68.9. The number of aliphatic hydroxyl groups is 2. The van der Waals surface area contributed by atoms with Gasteiger partial charge in [-0.3, -0.25) is 43.6 Å². The van der Waals surface area contributed by atoms with E-state index >= 15 is 0 Å². The molecule has 2 saturated carbocycles. The van der Waals surface area contributed by atoms with Crippen LogP contribution in [0.5, 0.6) is 23.0 Å². The minimum absolute atomic E-state index is 0.0487. The van der Waals surface area contributed by atoms with E-state index in [9.17, 15) is 49.2 Å². The Labute approximate surface area is 534 Å². The van der Waals surface area contributed by atoms with E-state index in [0.717, 1.165) is 93.7 Å². The van der Waals surface area contributed by atoms with Crippen molar-refractivity contribution in [1.29, 1.82) is 0 Å². The Bertz CT molecular complexity index is 4200. The van der Waals surface area contributed by atoms with E-state index in [1.165, 1.54) is 25.7 Å². The second kappa shape index (κ2) is 22.1. The highest BCUT2D eigenvalue weighted by Gasteiger charge is 2.74. The van der Waals surface area contributed by atoms with Crippen LogP contribution in [0.3, 0.4) is 0 Å². The van der Waals surface area contributed by atoms with Gasteiger partial charge in [0.25, 0.3) is 0 Å². The number of H-pyrrole nitrogens is 2. The summed E-state index contributed by atoms with van der Waals surface area (Å²) in [4.78, 5) is 92.8. The van der Waals surface area contributed by atoms with Crippen LogP contribution in [0, 0.1) is 11.8 Å². The number of benzene rings is 4. The Morgan fingerprint density at radius 1 is 0.613 bits per heavy atom. The SMILES string of the molecule is NC(=NCCCNC(=O)CNC(=O)CNC(=O)CCC(=O)NCC(=O)NCC(=O)Nc1cccc2c3c([nH]c12)[C@@H]1Oc2c(O)ccc4c2[C@@]12CCN(CC1CC1)[C@@H](C4)[C@]2(O)C3)Nc1ccc2c3c([nH]c2c1)[C@@H]1Oc2c(O)ccc4c2[C@@]12CCN(CC1CC1)[C@@H](C4)[C@]2(O)C3. The lowest BCUT2D eigenvalue weighted by Crippen LogP contribution is -2.74. The second-order valence-electron chi connectivity index (χ2n) is 27.6. The number of hydrogen-bond acceptors (Lipinski definition) is 15. The number of aliphatic imine (C=N–C) groups is 1. The molecule has 6 aliphatic carbocycles. The fourth-order valence-electron chi connectivity index (χ4n) is 17.7. The molecule has 10 aliphatic rings. The zero-order valence-corrected chi connectivity index (χ0v) is 51.5. The molecule has 8 atom stereocenters. The predicted molar refractivity (Wildman–Crippen MR) is 341 cm³/mol. The van der Waals surface area contributed by atoms with Crippen LogP contribution in [0.2, 0.25) is 0 Å². The number of para-hydroxylation sites is 1. The third-order valence-electron chi connectivity index (χ3n) is 22.2. The lowest BCUT2D eigenvalue weighted by Gasteiger charge is -2.62. The number of ether oxygens (including phenoxy) is 2. The number of phenolic OH excluding ortho intramolecular Hbond substituents is 2. The van der Waals surface area contributed by atoms with Gasteiger partial charge < -0.3 is 82.8 Å². The molecule has 6 amide bonds. The van der Waals surface area contributed by atoms with E-state index < -0.39 is 89.3 Å². The van der Waals surface area contributed by atoms with Crippen molar-refractivity contribution in [1.82, 2.24) is 46.4 Å². The highest BCUT2D eigenvalue weighted by atomic mass is 16.5. The van der Waals surface area contributed by atoms with Gasteiger partial charge >= 0.3 is 0 Å². The van der Waals surface area contributed by atoms with Crippen LogP contribution in [-0.4, -0.2) is 170 Å². The van der Waals surface area contributed by atoms with Crippen LogP contribution in [0.4, 0.5) is 11.4 Å². The Hall–Kier alpha value is -8.91. The number of nitrogens with two attached hydrogens (primary N) is 1. The number of aromatic hydroxyl groups is 2. The largest absolute Gasteiger partial charge is 0.504 e. The summed E-state index contributed by atoms with van der Waals surface area (Å²) < 4.78 is 13.5. The topological polar surface area (TPSA) is 362 Å². The average Bonchev–Trinajstić information content (AvgIpc) is 1.56. The third kappa shape index (κ3) is 9.56. The normalized spacial score (nSPS) is 27.2. The van der Waals surface area contributed by atoms with Crippen LogP contribution in [-0.2, 0) is 65.3 Å². The maximum Gasteiger partial charge on any atom is 0.243 e. The van der Waals surface area contributed by atoms with Crippen LogP contribution in [0.15, 0.2) is 65.7 Å². The van der Waals surface area contributed by atoms with Crippen LogP contribution >= 0.6 is 0 Å². The number of fused-ring (bicyclic) bond motifs is 8. The van der Waals surface area contributed by atoms with Gasteiger partial charge in [-0.2, -0.15) is 0 Å². The molecule has 25 heteroatoms. The van der Waals surface area contributed by atoms with Crippen LogP contribution in [0.25, 0.3) is 21.8 Å². The first-order valence-electron chi connectivity index (χ1n) is 32.9. The second-order valence-corrected chi connectivity index (χ2v) is 27.6. The standard InChI is InChI=1S/C68H77N13O12/c69-64(76-38-11-12-39-41-26-67(90)47-23-36-9-13-45(82)60-55(36)65(67,17-21-80(47)32-34-5-6-34)62(92-60)58(41)78-44(39)25-38)71-20-2-19-70-51(86)28-74-52(87)29-72-49(84)15-16-50(85)73-30-53(88)75-31-54(89)77-43-4-1-3-40-42-27-68(91)48-24-37-10-14-46(83)61-56(37)66(68,18-22-81(48)33-35-7-8-35)63(93-61)59(42)79-57(40)43/h1,3-4,9-14,25,34-35,47-48,62-63,78-79,82-83,90-91H,2,5-8,15-24,26-33H2,(H,70,86)(H,72,84)(H,73,85)(H,74,87)(H,75,88)(H,77,89)(H3,69,71,76)/t47-,48-,62-,63-,65-,66-,67+,68+/m0/s1. The number of carbonyl (C=O) groups is 6. The smallest absolute Gasteiger partial charge is 0.243 e. The van der Waals surface area contributed by atoms with E-state index in [1.54, 1.807) is 18.2 Å². The number of rotatable bonds is 21. The van der Waals surface area contributed by atoms with Crippen LogP contribution in [0.1, 0.15) is 115 Å². The summed E-state index contributed by atoms with van der Waals surface area (Å²) in [7, 11) is 0. The van der Waals surface area contributed by atoms with E-state index in [0.29, 0.717) is 85.3 Å². The fraction of sp³-hybridized carbons (Fsp3) is 0.485. The Balaban J connectivity index is 0.445. The molecule has 4 bridgehead atoms. The Morgan fingerprint density at radius 2 is 1.14 bits per heavy atom. The van der Waals surface area contributed by atoms with E-state index in [1.807, 2.05) is 42.5 Å². The molecule has 2 aromatic heterocycles. The Morgan fingerprint density at radius 3 is 1.71 bits per heavy atom. The summed E-state index contributed by atoms with van der Waals surface area (Å²) in [6, 6.07) is 18.6. The number of aromatic nitrogens is 2. The molecular formula is C68H77N13O12. The monoisotopic (exact) mass is 1270 g/mol. The van der Waals surface area contributed by atoms with E-state index in [4.69, 9.17) is 15.2 Å². The van der Waals surface area contributed by atoms with Crippen molar-refractivity contribution in [2.24, 2.45) is 22.6 Å². The first kappa shape index (κ1) is 59.1. The molecule has 16 rings (SSSR count). The molecule has 4 fully saturated rings. The molecule has 6 aromatic rings. The van der Waals surface area contributed by atoms with Gasteiger partial charge in [-0.25, -0.2) is 0 Å². The molecular weight excluding hydrogens is 1190 g/mol. The predicted octanol–water partition coefficient (Wildman–Crippen LogP) is 2.58. The minimum Gasteiger partial charge on any atom is -0.504 e. The van der Waals surface area contributed by atoms with Gasteiger partial charge in [0, 0.05) is 97.0 Å². The average molecular weight is 1270 g/mol. The zero-order chi connectivity index (χ0) is 63.9. The summed E-state index contributed by atoms with van der Waals surface area (Å²) in [6.45, 7) is 2.53. The van der Waals surface area contributed by atoms with E-state index in [-0.39, 0.29) is 55.5 Å². The zero-order valence-electron chi connectivity index (χ0n) is 51.5. The van der Waals surface area contributed by atoms with Crippen molar-refractivity contribution in [3.8, 4) is 23.0 Å². The molecule has 0 unspecified atom stereocenters. The highest BCUT2D eigenvalue weighted by Crippen LogP contribution is 2.71. The number of carbonyl (C=O) groups excluding carboxylic acids is 6. The number of anilines is 2. The number of phenols is 2. The first-order chi connectivity index (χ1) is 44.9. The molecule has 4 aromatic carbocycles. The van der Waals surface area contributed by atoms with Crippen molar-refractivity contribution in [2.45, 2.75) is 130 Å². The molecule has 15 N–H and O–H groups in total. The Kier molecular flexibility index (Phi) is 14.1. The number of piperidine rings is 2. The van der Waals surface area contributed by atoms with Crippen molar-refractivity contribution in [3.05, 3.63) is 105 Å². The first-order valence-corrected chi connectivity index (χ1v) is 32.9. The molecule has 2 saturated heterocycles. The molecule has 6 heterocycles. The molecule has 4 aliphatic heterocycles. The number of hydrogen-bond donors (Lipinski definition) is 14. The molecule has 2 spiro atoms. The van der Waals surface area contributed by atoms with Gasteiger partial charge in [0.15, 0.2) is 41.2 Å². The maximum atomic E-state index is 13.3. The summed E-state index contributed by atoms with van der Waals surface area (Å²) in [6.07, 6.45) is 7.24. The summed E-state index contributed by atoms with van der Waals surface area (Å²) >= 11 is 0. The van der Waals surface area contributed by atoms with Crippen molar-refractivity contribution in [3.63, 3.8) is 0 Å². The van der Waals surface area contributed by atoms with Gasteiger partial charge in [-0.15, -0.1) is 0 Å². The lowest BCUT2D eigenvalue weighted by atomic mass is 9.49. The maximum absolute atomic E-state index is 13.3.